The molecule has 3 heteroatoms. The summed E-state index contributed by atoms with van der Waals surface area (Å²) in [4.78, 5) is 4.02. The molecule has 1 heterocycles. The first-order valence-corrected chi connectivity index (χ1v) is 4.76. The van der Waals surface area contributed by atoms with E-state index in [-0.39, 0.29) is 5.82 Å². The van der Waals surface area contributed by atoms with E-state index < -0.39 is 0 Å². The van der Waals surface area contributed by atoms with E-state index in [1.807, 2.05) is 12.1 Å². The van der Waals surface area contributed by atoms with E-state index in [1.54, 1.807) is 4.90 Å². The second kappa shape index (κ2) is 3.96. The van der Waals surface area contributed by atoms with Crippen LogP contribution in [0.15, 0.2) is 24.3 Å². The van der Waals surface area contributed by atoms with Gasteiger partial charge in [-0.3, -0.25) is 4.90 Å². The normalized spacial score (nSPS) is 18.6. The number of benzene rings is 1. The van der Waals surface area contributed by atoms with E-state index in [0.717, 1.165) is 31.9 Å². The largest absolute Gasteiger partial charge is 0.369 e. The van der Waals surface area contributed by atoms with E-state index >= 15 is 0 Å². The molecule has 14 heavy (non-hydrogen) atoms. The third-order valence-electron chi connectivity index (χ3n) is 2.51. The summed E-state index contributed by atoms with van der Waals surface area (Å²) < 4.78 is 12.7. The molecule has 1 aliphatic heterocycles. The third kappa shape index (κ3) is 2.04. The van der Waals surface area contributed by atoms with Crippen molar-refractivity contribution in [3.05, 3.63) is 37.1 Å². The van der Waals surface area contributed by atoms with Gasteiger partial charge in [-0.15, -0.1) is 0 Å². The van der Waals surface area contributed by atoms with Crippen molar-refractivity contribution in [3.63, 3.8) is 0 Å². The maximum atomic E-state index is 12.7. The highest BCUT2D eigenvalue weighted by Crippen LogP contribution is 2.16. The number of halogens is 1. The smallest absolute Gasteiger partial charge is 0.123 e. The summed E-state index contributed by atoms with van der Waals surface area (Å²) in [6.45, 7) is 3.53. The second-order valence-corrected chi connectivity index (χ2v) is 3.50. The number of hydrogen-bond donors (Lipinski definition) is 0. The Morgan fingerprint density at radius 3 is 2.14 bits per heavy atom. The Hall–Kier alpha value is -1.09. The van der Waals surface area contributed by atoms with Gasteiger partial charge in [0.15, 0.2) is 0 Å². The van der Waals surface area contributed by atoms with Crippen LogP contribution in [0.5, 0.6) is 0 Å². The molecular weight excluding hydrogens is 179 g/mol. The maximum absolute atomic E-state index is 12.7. The average molecular weight is 192 g/mol. The number of hydrogen-bond acceptors (Lipinski definition) is 2. The van der Waals surface area contributed by atoms with Crippen LogP contribution in [0.2, 0.25) is 0 Å². The first kappa shape index (κ1) is 9.46. The van der Waals surface area contributed by atoms with Crippen molar-refractivity contribution in [3.8, 4) is 0 Å². The lowest BCUT2D eigenvalue weighted by Gasteiger charge is -2.33. The van der Waals surface area contributed by atoms with Crippen molar-refractivity contribution in [1.82, 2.24) is 4.90 Å². The van der Waals surface area contributed by atoms with Gasteiger partial charge in [-0.25, -0.2) is 4.39 Å². The Labute approximate surface area is 83.9 Å². The Morgan fingerprint density at radius 1 is 1.00 bits per heavy atom. The van der Waals surface area contributed by atoms with Gasteiger partial charge < -0.3 is 4.90 Å². The summed E-state index contributed by atoms with van der Waals surface area (Å²) in [6, 6.07) is 6.59. The van der Waals surface area contributed by atoms with Crippen molar-refractivity contribution in [2.24, 2.45) is 0 Å². The minimum absolute atomic E-state index is 0.189. The van der Waals surface area contributed by atoms with Crippen molar-refractivity contribution < 1.29 is 4.39 Å². The van der Waals surface area contributed by atoms with E-state index in [9.17, 15) is 4.39 Å². The maximum Gasteiger partial charge on any atom is 0.123 e. The van der Waals surface area contributed by atoms with Crippen LogP contribution in [-0.4, -0.2) is 31.1 Å². The SMILES string of the molecule is [CH]N1CCN(c2ccc(F)cc2)CC1. The monoisotopic (exact) mass is 192 g/mol. The average Bonchev–Trinajstić information content (AvgIpc) is 2.21. The van der Waals surface area contributed by atoms with Gasteiger partial charge >= 0.3 is 0 Å². The van der Waals surface area contributed by atoms with Gasteiger partial charge in [0, 0.05) is 38.9 Å². The fourth-order valence-electron chi connectivity index (χ4n) is 1.63. The van der Waals surface area contributed by atoms with Crippen LogP contribution >= 0.6 is 0 Å². The fraction of sp³-hybridized carbons (Fsp3) is 0.364. The molecule has 0 unspecified atom stereocenters. The predicted molar refractivity (Wildman–Crippen MR) is 54.5 cm³/mol. The molecular formula is C11H13FN2. The lowest BCUT2D eigenvalue weighted by molar-refractivity contribution is 0.344. The summed E-state index contributed by atoms with van der Waals surface area (Å²) in [5, 5.41) is 0. The quantitative estimate of drug-likeness (QED) is 0.667. The van der Waals surface area contributed by atoms with Gasteiger partial charge in [-0.2, -0.15) is 0 Å². The number of nitrogens with zero attached hydrogens (tertiary/aromatic N) is 2. The molecule has 2 radical (unpaired) electrons. The summed E-state index contributed by atoms with van der Waals surface area (Å²) in [5.41, 5.74) is 1.07. The van der Waals surface area contributed by atoms with Crippen LogP contribution in [0.4, 0.5) is 10.1 Å². The molecule has 0 aliphatic carbocycles. The fourth-order valence-corrected chi connectivity index (χ4v) is 1.63. The van der Waals surface area contributed by atoms with Crippen LogP contribution in [-0.2, 0) is 0 Å². The van der Waals surface area contributed by atoms with Crippen LogP contribution in [0.1, 0.15) is 0 Å². The number of anilines is 1. The summed E-state index contributed by atoms with van der Waals surface area (Å²) in [7, 11) is 5.65. The standard InChI is InChI=1S/C11H13FN2/c1-13-6-8-14(9-7-13)11-4-2-10(12)3-5-11/h1-5H,6-9H2. The van der Waals surface area contributed by atoms with Gasteiger partial charge in [-0.1, -0.05) is 0 Å². The molecule has 1 saturated heterocycles. The highest BCUT2D eigenvalue weighted by atomic mass is 19.1. The van der Waals surface area contributed by atoms with Crippen molar-refractivity contribution in [2.75, 3.05) is 31.1 Å². The Kier molecular flexibility index (Phi) is 2.68. The first-order valence-electron chi connectivity index (χ1n) is 4.76. The summed E-state index contributed by atoms with van der Waals surface area (Å²) in [6.07, 6.45) is 0. The Balaban J connectivity index is 2.05. The van der Waals surface area contributed by atoms with Crippen molar-refractivity contribution in [1.29, 1.82) is 0 Å². The van der Waals surface area contributed by atoms with Gasteiger partial charge in [-0.05, 0) is 24.3 Å². The molecule has 2 rings (SSSR count). The van der Waals surface area contributed by atoms with Gasteiger partial charge in [0.25, 0.3) is 0 Å². The lowest BCUT2D eigenvalue weighted by Crippen LogP contribution is -2.43. The van der Waals surface area contributed by atoms with Crippen LogP contribution in [0.25, 0.3) is 0 Å². The highest BCUT2D eigenvalue weighted by molar-refractivity contribution is 5.46. The number of rotatable bonds is 1. The van der Waals surface area contributed by atoms with E-state index in [2.05, 4.69) is 4.90 Å². The topological polar surface area (TPSA) is 6.48 Å². The lowest BCUT2D eigenvalue weighted by atomic mass is 10.2. The predicted octanol–water partition coefficient (Wildman–Crippen LogP) is 1.62. The molecule has 0 bridgehead atoms. The number of piperazine rings is 1. The van der Waals surface area contributed by atoms with Crippen LogP contribution < -0.4 is 4.90 Å². The minimum Gasteiger partial charge on any atom is -0.369 e. The molecule has 1 aromatic carbocycles. The zero-order valence-electron chi connectivity index (χ0n) is 7.99. The molecule has 0 saturated carbocycles. The summed E-state index contributed by atoms with van der Waals surface area (Å²) in [5.74, 6) is -0.189. The molecule has 0 spiro atoms. The highest BCUT2D eigenvalue weighted by Gasteiger charge is 2.13. The molecule has 0 amide bonds. The molecule has 0 atom stereocenters. The zero-order valence-corrected chi connectivity index (χ0v) is 7.99. The van der Waals surface area contributed by atoms with Crippen LogP contribution in [0.3, 0.4) is 0 Å². The minimum atomic E-state index is -0.189. The van der Waals surface area contributed by atoms with Crippen LogP contribution in [0, 0.1) is 12.9 Å². The Morgan fingerprint density at radius 2 is 1.57 bits per heavy atom. The Bertz CT molecular complexity index is 289. The van der Waals surface area contributed by atoms with E-state index in [1.165, 1.54) is 12.1 Å². The summed E-state index contributed by atoms with van der Waals surface area (Å²) >= 11 is 0. The van der Waals surface area contributed by atoms with Gasteiger partial charge in [0.1, 0.15) is 5.82 Å². The third-order valence-corrected chi connectivity index (χ3v) is 2.51. The molecule has 1 aliphatic rings. The molecule has 1 fully saturated rings. The van der Waals surface area contributed by atoms with Gasteiger partial charge in [0.05, 0.1) is 0 Å². The zero-order chi connectivity index (χ0) is 9.97. The van der Waals surface area contributed by atoms with E-state index in [4.69, 9.17) is 7.05 Å². The second-order valence-electron chi connectivity index (χ2n) is 3.50. The molecule has 0 N–H and O–H groups in total. The molecule has 2 nitrogen and oxygen atoms in total. The van der Waals surface area contributed by atoms with Crippen molar-refractivity contribution in [2.45, 2.75) is 0 Å². The molecule has 1 aromatic rings. The molecule has 74 valence electrons. The first-order chi connectivity index (χ1) is 6.75. The van der Waals surface area contributed by atoms with Crippen molar-refractivity contribution >= 4 is 5.69 Å². The van der Waals surface area contributed by atoms with E-state index in [0.29, 0.717) is 0 Å². The molecule has 0 aromatic heterocycles. The van der Waals surface area contributed by atoms with Gasteiger partial charge in [0.2, 0.25) is 0 Å².